The number of hydrogen-bond acceptors (Lipinski definition) is 4. The fraction of sp³-hybridized carbons (Fsp3) is 0.261. The molecule has 0 aliphatic carbocycles. The maximum Gasteiger partial charge on any atom is 0.270 e. The minimum atomic E-state index is -0.326. The van der Waals surface area contributed by atoms with Crippen LogP contribution in [0.3, 0.4) is 0 Å². The van der Waals surface area contributed by atoms with Crippen LogP contribution in [-0.4, -0.2) is 50.2 Å². The van der Waals surface area contributed by atoms with E-state index in [0.29, 0.717) is 47.8 Å². The molecule has 30 heavy (non-hydrogen) atoms. The molecule has 0 radical (unpaired) electrons. The number of nitrogens with zero attached hydrogens (tertiary/aromatic N) is 1. The van der Waals surface area contributed by atoms with Gasteiger partial charge in [0.25, 0.3) is 5.91 Å². The molecule has 3 aromatic rings. The van der Waals surface area contributed by atoms with Gasteiger partial charge < -0.3 is 24.1 Å². The number of carbonyl (C=O) groups is 1. The molecule has 1 aromatic heterocycles. The molecule has 1 amide bonds. The van der Waals surface area contributed by atoms with Crippen molar-refractivity contribution in [1.29, 1.82) is 0 Å². The maximum absolute atomic E-state index is 13.4. The van der Waals surface area contributed by atoms with Crippen LogP contribution in [0, 0.1) is 5.82 Å². The number of fused-ring (bicyclic) bond motifs is 1. The Morgan fingerprint density at radius 1 is 1.03 bits per heavy atom. The number of hydrogen-bond donors (Lipinski definition) is 1. The van der Waals surface area contributed by atoms with Gasteiger partial charge in [0, 0.05) is 36.1 Å². The number of ether oxygens (including phenoxy) is 3. The van der Waals surface area contributed by atoms with E-state index in [2.05, 4.69) is 4.98 Å². The fourth-order valence-electron chi connectivity index (χ4n) is 3.79. The molecule has 2 heterocycles. The third kappa shape index (κ3) is 3.58. The number of halogens is 1. The lowest BCUT2D eigenvalue weighted by molar-refractivity contribution is 0.0768. The van der Waals surface area contributed by atoms with Crippen LogP contribution < -0.4 is 14.2 Å². The van der Waals surface area contributed by atoms with Crippen molar-refractivity contribution >= 4 is 22.4 Å². The predicted molar refractivity (Wildman–Crippen MR) is 113 cm³/mol. The third-order valence-electron chi connectivity index (χ3n) is 5.35. The van der Waals surface area contributed by atoms with Crippen molar-refractivity contribution in [3.05, 3.63) is 59.5 Å². The first kappa shape index (κ1) is 19.8. The van der Waals surface area contributed by atoms with Crippen LogP contribution in [-0.2, 0) is 0 Å². The first-order valence-electron chi connectivity index (χ1n) is 9.61. The Kier molecular flexibility index (Phi) is 5.35. The van der Waals surface area contributed by atoms with Gasteiger partial charge in [0.2, 0.25) is 0 Å². The van der Waals surface area contributed by atoms with Gasteiger partial charge in [0.05, 0.1) is 26.9 Å². The molecule has 1 N–H and O–H groups in total. The number of methoxy groups -OCH3 is 3. The topological polar surface area (TPSA) is 63.8 Å². The highest BCUT2D eigenvalue weighted by atomic mass is 19.1. The second kappa shape index (κ2) is 8.10. The van der Waals surface area contributed by atoms with Crippen molar-refractivity contribution in [1.82, 2.24) is 9.88 Å². The molecule has 0 unspecified atom stereocenters. The molecule has 2 aromatic carbocycles. The molecular formula is C23H23FN2O4. The number of H-pyrrole nitrogens is 1. The van der Waals surface area contributed by atoms with E-state index in [-0.39, 0.29) is 11.7 Å². The molecule has 156 valence electrons. The van der Waals surface area contributed by atoms with Gasteiger partial charge in [-0.3, -0.25) is 4.79 Å². The van der Waals surface area contributed by atoms with Crippen molar-refractivity contribution in [2.45, 2.75) is 6.42 Å². The van der Waals surface area contributed by atoms with E-state index < -0.39 is 0 Å². The molecule has 6 nitrogen and oxygen atoms in total. The molecule has 0 spiro atoms. The monoisotopic (exact) mass is 410 g/mol. The van der Waals surface area contributed by atoms with Gasteiger partial charge in [-0.2, -0.15) is 0 Å². The highest BCUT2D eigenvalue weighted by molar-refractivity contribution is 5.98. The van der Waals surface area contributed by atoms with E-state index in [0.717, 1.165) is 16.7 Å². The zero-order valence-electron chi connectivity index (χ0n) is 17.1. The van der Waals surface area contributed by atoms with E-state index >= 15 is 0 Å². The quantitative estimate of drug-likeness (QED) is 0.683. The summed E-state index contributed by atoms with van der Waals surface area (Å²) in [5.74, 6) is 1.53. The molecule has 0 saturated heterocycles. The Balaban J connectivity index is 1.59. The van der Waals surface area contributed by atoms with Crippen molar-refractivity contribution in [3.63, 3.8) is 0 Å². The van der Waals surface area contributed by atoms with E-state index in [1.54, 1.807) is 38.4 Å². The summed E-state index contributed by atoms with van der Waals surface area (Å²) >= 11 is 0. The van der Waals surface area contributed by atoms with Gasteiger partial charge >= 0.3 is 0 Å². The number of benzene rings is 2. The Morgan fingerprint density at radius 2 is 1.77 bits per heavy atom. The summed E-state index contributed by atoms with van der Waals surface area (Å²) in [6.45, 7) is 1.00. The van der Waals surface area contributed by atoms with Crippen molar-refractivity contribution in [2.75, 3.05) is 34.4 Å². The van der Waals surface area contributed by atoms with Gasteiger partial charge in [0.15, 0.2) is 0 Å². The van der Waals surface area contributed by atoms with E-state index in [1.165, 1.54) is 12.1 Å². The second-order valence-electron chi connectivity index (χ2n) is 7.05. The van der Waals surface area contributed by atoms with Gasteiger partial charge in [-0.25, -0.2) is 4.39 Å². The standard InChI is InChI=1S/C23H23FN2O4/c1-28-17-12-20(29-2)22(21(13-17)30-3)14-6-8-26(9-7-14)23(27)19-11-15-10-16(24)4-5-18(15)25-19/h4-6,10-13,25H,7-9H2,1-3H3. The number of amides is 1. The summed E-state index contributed by atoms with van der Waals surface area (Å²) in [6, 6.07) is 9.75. The summed E-state index contributed by atoms with van der Waals surface area (Å²) in [5.41, 5.74) is 3.11. The van der Waals surface area contributed by atoms with E-state index in [1.807, 2.05) is 18.2 Å². The Bertz CT molecular complexity index is 1110. The maximum atomic E-state index is 13.4. The molecule has 4 rings (SSSR count). The SMILES string of the molecule is COc1cc(OC)c(C2=CCN(C(=O)c3cc4cc(F)ccc4[nH]3)CC2)c(OC)c1. The summed E-state index contributed by atoms with van der Waals surface area (Å²) in [7, 11) is 4.81. The zero-order chi connectivity index (χ0) is 21.3. The number of aromatic amines is 1. The molecule has 1 aliphatic rings. The Morgan fingerprint density at radius 3 is 2.37 bits per heavy atom. The van der Waals surface area contributed by atoms with Gasteiger partial charge in [-0.1, -0.05) is 6.08 Å². The lowest BCUT2D eigenvalue weighted by Crippen LogP contribution is -2.34. The molecule has 0 bridgehead atoms. The predicted octanol–water partition coefficient (Wildman–Crippen LogP) is 4.26. The number of nitrogens with one attached hydrogen (secondary N) is 1. The van der Waals surface area contributed by atoms with Gasteiger partial charge in [-0.05, 0) is 36.3 Å². The number of aromatic nitrogens is 1. The van der Waals surface area contributed by atoms with Crippen molar-refractivity contribution in [3.8, 4) is 17.2 Å². The van der Waals surface area contributed by atoms with Crippen LogP contribution in [0.5, 0.6) is 17.2 Å². The summed E-state index contributed by atoms with van der Waals surface area (Å²) in [5, 5.41) is 0.680. The van der Waals surface area contributed by atoms with Crippen LogP contribution in [0.1, 0.15) is 22.5 Å². The molecule has 7 heteroatoms. The normalized spacial score (nSPS) is 13.9. The Hall–Kier alpha value is -3.48. The highest BCUT2D eigenvalue weighted by Crippen LogP contribution is 2.41. The molecule has 0 saturated carbocycles. The van der Waals surface area contributed by atoms with E-state index in [9.17, 15) is 9.18 Å². The summed E-state index contributed by atoms with van der Waals surface area (Å²) < 4.78 is 29.9. The lowest BCUT2D eigenvalue weighted by atomic mass is 9.97. The first-order chi connectivity index (χ1) is 14.5. The van der Waals surface area contributed by atoms with Crippen molar-refractivity contribution in [2.24, 2.45) is 0 Å². The van der Waals surface area contributed by atoms with E-state index in [4.69, 9.17) is 14.2 Å². The molecule has 0 atom stereocenters. The van der Waals surface area contributed by atoms with Crippen LogP contribution in [0.15, 0.2) is 42.5 Å². The largest absolute Gasteiger partial charge is 0.496 e. The third-order valence-corrected chi connectivity index (χ3v) is 5.35. The average molecular weight is 410 g/mol. The minimum Gasteiger partial charge on any atom is -0.496 e. The van der Waals surface area contributed by atoms with Crippen LogP contribution >= 0.6 is 0 Å². The van der Waals surface area contributed by atoms with Crippen molar-refractivity contribution < 1.29 is 23.4 Å². The van der Waals surface area contributed by atoms with Crippen LogP contribution in [0.4, 0.5) is 4.39 Å². The van der Waals surface area contributed by atoms with Crippen LogP contribution in [0.2, 0.25) is 0 Å². The zero-order valence-corrected chi connectivity index (χ0v) is 17.1. The summed E-state index contributed by atoms with van der Waals surface area (Å²) in [6.07, 6.45) is 2.66. The number of rotatable bonds is 5. The van der Waals surface area contributed by atoms with Gasteiger partial charge in [-0.15, -0.1) is 0 Å². The fourth-order valence-corrected chi connectivity index (χ4v) is 3.79. The Labute approximate surface area is 173 Å². The van der Waals surface area contributed by atoms with Crippen LogP contribution in [0.25, 0.3) is 16.5 Å². The smallest absolute Gasteiger partial charge is 0.270 e. The molecule has 0 fully saturated rings. The lowest BCUT2D eigenvalue weighted by Gasteiger charge is -2.27. The first-order valence-corrected chi connectivity index (χ1v) is 9.61. The summed E-state index contributed by atoms with van der Waals surface area (Å²) in [4.78, 5) is 17.8. The molecular weight excluding hydrogens is 387 g/mol. The highest BCUT2D eigenvalue weighted by Gasteiger charge is 2.24. The van der Waals surface area contributed by atoms with Gasteiger partial charge in [0.1, 0.15) is 28.8 Å². The minimum absolute atomic E-state index is 0.115. The number of carbonyl (C=O) groups excluding carboxylic acids is 1. The molecule has 1 aliphatic heterocycles. The average Bonchev–Trinajstić information content (AvgIpc) is 3.20. The second-order valence-corrected chi connectivity index (χ2v) is 7.05.